The summed E-state index contributed by atoms with van der Waals surface area (Å²) in [7, 11) is 3.86. The minimum atomic E-state index is 0.0407. The van der Waals surface area contributed by atoms with E-state index in [4.69, 9.17) is 4.74 Å². The predicted molar refractivity (Wildman–Crippen MR) is 79.3 cm³/mol. The van der Waals surface area contributed by atoms with E-state index in [2.05, 4.69) is 9.97 Å². The quantitative estimate of drug-likeness (QED) is 0.837. The fourth-order valence-corrected chi connectivity index (χ4v) is 2.75. The fourth-order valence-electron chi connectivity index (χ4n) is 2.75. The second-order valence-electron chi connectivity index (χ2n) is 6.05. The Kier molecular flexibility index (Phi) is 3.94. The highest BCUT2D eigenvalue weighted by Crippen LogP contribution is 2.30. The Bertz CT molecular complexity index is 516. The van der Waals surface area contributed by atoms with E-state index in [9.17, 15) is 4.79 Å². The molecule has 0 spiro atoms. The highest BCUT2D eigenvalue weighted by Gasteiger charge is 2.34. The Morgan fingerprint density at radius 3 is 2.81 bits per heavy atom. The zero-order valence-electron chi connectivity index (χ0n) is 12.7. The molecule has 0 N–H and O–H groups in total. The summed E-state index contributed by atoms with van der Waals surface area (Å²) in [5.41, 5.74) is 0. The third-order valence-electron chi connectivity index (χ3n) is 4.28. The second-order valence-corrected chi connectivity index (χ2v) is 6.05. The van der Waals surface area contributed by atoms with E-state index in [0.29, 0.717) is 18.3 Å². The Labute approximate surface area is 125 Å². The van der Waals surface area contributed by atoms with Crippen molar-refractivity contribution in [2.75, 3.05) is 32.1 Å². The molecule has 2 fully saturated rings. The summed E-state index contributed by atoms with van der Waals surface area (Å²) in [5.74, 6) is 1.98. The molecule has 1 atom stereocenters. The smallest absolute Gasteiger partial charge is 0.225 e. The van der Waals surface area contributed by atoms with Crippen LogP contribution >= 0.6 is 0 Å². The maximum Gasteiger partial charge on any atom is 0.225 e. The molecular formula is C15H22N4O2. The molecule has 6 heteroatoms. The van der Waals surface area contributed by atoms with E-state index >= 15 is 0 Å². The molecule has 2 heterocycles. The van der Waals surface area contributed by atoms with Gasteiger partial charge in [-0.3, -0.25) is 4.79 Å². The largest absolute Gasteiger partial charge is 0.472 e. The van der Waals surface area contributed by atoms with Crippen LogP contribution in [0.1, 0.15) is 25.7 Å². The van der Waals surface area contributed by atoms with Gasteiger partial charge in [-0.25, -0.2) is 9.97 Å². The van der Waals surface area contributed by atoms with E-state index in [-0.39, 0.29) is 12.0 Å². The van der Waals surface area contributed by atoms with Gasteiger partial charge in [-0.15, -0.1) is 0 Å². The number of ether oxygens (including phenoxy) is 1. The Hall–Kier alpha value is -1.85. The van der Waals surface area contributed by atoms with Crippen molar-refractivity contribution in [3.8, 4) is 5.88 Å². The topological polar surface area (TPSA) is 58.6 Å². The molecule has 1 aromatic rings. The van der Waals surface area contributed by atoms with Crippen LogP contribution in [0, 0.1) is 5.92 Å². The number of carbonyl (C=O) groups is 1. The van der Waals surface area contributed by atoms with Crippen LogP contribution in [0.2, 0.25) is 0 Å². The predicted octanol–water partition coefficient (Wildman–Crippen LogP) is 1.32. The molecule has 1 saturated carbocycles. The maximum absolute atomic E-state index is 12.2. The van der Waals surface area contributed by atoms with Crippen LogP contribution in [-0.4, -0.2) is 54.1 Å². The van der Waals surface area contributed by atoms with E-state index in [0.717, 1.165) is 31.6 Å². The summed E-state index contributed by atoms with van der Waals surface area (Å²) in [6.07, 6.45) is 5.73. The van der Waals surface area contributed by atoms with Gasteiger partial charge in [-0.05, 0) is 12.8 Å². The van der Waals surface area contributed by atoms with Gasteiger partial charge in [0.1, 0.15) is 18.2 Å². The first kappa shape index (κ1) is 14.1. The summed E-state index contributed by atoms with van der Waals surface area (Å²) in [4.78, 5) is 24.4. The Balaban J connectivity index is 1.57. The number of hydrogen-bond acceptors (Lipinski definition) is 5. The van der Waals surface area contributed by atoms with E-state index < -0.39 is 0 Å². The summed E-state index contributed by atoms with van der Waals surface area (Å²) in [5, 5.41) is 0. The highest BCUT2D eigenvalue weighted by atomic mass is 16.5. The molecule has 0 radical (unpaired) electrons. The number of likely N-dealkylation sites (tertiary alicyclic amines) is 1. The zero-order chi connectivity index (χ0) is 14.8. The maximum atomic E-state index is 12.2. The van der Waals surface area contributed by atoms with Crippen LogP contribution in [0.15, 0.2) is 12.4 Å². The van der Waals surface area contributed by atoms with Crippen molar-refractivity contribution in [3.05, 3.63) is 12.4 Å². The van der Waals surface area contributed by atoms with Crippen molar-refractivity contribution in [3.63, 3.8) is 0 Å². The Morgan fingerprint density at radius 1 is 1.33 bits per heavy atom. The Morgan fingerprint density at radius 2 is 2.14 bits per heavy atom. The molecule has 21 heavy (non-hydrogen) atoms. The first-order chi connectivity index (χ1) is 10.1. The number of hydrogen-bond donors (Lipinski definition) is 0. The summed E-state index contributed by atoms with van der Waals surface area (Å²) < 4.78 is 5.91. The fraction of sp³-hybridized carbons (Fsp3) is 0.667. The van der Waals surface area contributed by atoms with Crippen molar-refractivity contribution in [2.45, 2.75) is 31.8 Å². The van der Waals surface area contributed by atoms with Gasteiger partial charge in [-0.2, -0.15) is 0 Å². The second kappa shape index (κ2) is 5.87. The summed E-state index contributed by atoms with van der Waals surface area (Å²) in [6, 6.07) is 1.83. The molecule has 0 unspecified atom stereocenters. The number of nitrogens with zero attached hydrogens (tertiary/aromatic N) is 4. The molecule has 114 valence electrons. The van der Waals surface area contributed by atoms with Gasteiger partial charge in [0, 0.05) is 39.0 Å². The van der Waals surface area contributed by atoms with Crippen LogP contribution in [0.3, 0.4) is 0 Å². The molecule has 1 saturated heterocycles. The average Bonchev–Trinajstić information content (AvgIpc) is 2.85. The van der Waals surface area contributed by atoms with Gasteiger partial charge in [0.2, 0.25) is 11.8 Å². The summed E-state index contributed by atoms with van der Waals surface area (Å²) in [6.45, 7) is 1.47. The number of rotatable bonds is 4. The van der Waals surface area contributed by atoms with Gasteiger partial charge in [0.05, 0.1) is 6.54 Å². The van der Waals surface area contributed by atoms with Gasteiger partial charge in [0.25, 0.3) is 0 Å². The van der Waals surface area contributed by atoms with E-state index in [1.807, 2.05) is 30.0 Å². The highest BCUT2D eigenvalue weighted by molar-refractivity contribution is 5.79. The monoisotopic (exact) mass is 290 g/mol. The van der Waals surface area contributed by atoms with Crippen LogP contribution in [0.5, 0.6) is 5.88 Å². The van der Waals surface area contributed by atoms with Gasteiger partial charge in [0.15, 0.2) is 0 Å². The third-order valence-corrected chi connectivity index (χ3v) is 4.28. The van der Waals surface area contributed by atoms with E-state index in [1.165, 1.54) is 12.7 Å². The number of aromatic nitrogens is 2. The molecule has 1 amide bonds. The van der Waals surface area contributed by atoms with Gasteiger partial charge < -0.3 is 14.5 Å². The standard InChI is InChI=1S/C15H22N4O2/c1-18(2)13-8-14(17-10-16-13)21-12-6-7-19(9-12)15(20)11-4-3-5-11/h8,10-12H,3-7,9H2,1-2H3/t12-/m0/s1. The molecule has 1 aliphatic heterocycles. The van der Waals surface area contributed by atoms with Gasteiger partial charge in [-0.1, -0.05) is 6.42 Å². The van der Waals surface area contributed by atoms with Crippen molar-refractivity contribution < 1.29 is 9.53 Å². The molecule has 0 bridgehead atoms. The lowest BCUT2D eigenvalue weighted by molar-refractivity contribution is -0.137. The molecule has 6 nitrogen and oxygen atoms in total. The van der Waals surface area contributed by atoms with Crippen LogP contribution in [0.4, 0.5) is 5.82 Å². The molecule has 1 aromatic heterocycles. The molecule has 2 aliphatic rings. The first-order valence-electron chi connectivity index (χ1n) is 7.58. The SMILES string of the molecule is CN(C)c1cc(O[C@H]2CCN(C(=O)C3CCC3)C2)ncn1. The van der Waals surface area contributed by atoms with Crippen LogP contribution < -0.4 is 9.64 Å². The molecule has 1 aliphatic carbocycles. The number of amides is 1. The minimum Gasteiger partial charge on any atom is -0.472 e. The lowest BCUT2D eigenvalue weighted by atomic mass is 9.84. The lowest BCUT2D eigenvalue weighted by Crippen LogP contribution is -2.38. The van der Waals surface area contributed by atoms with Crippen LogP contribution in [0.25, 0.3) is 0 Å². The van der Waals surface area contributed by atoms with Crippen molar-refractivity contribution in [2.24, 2.45) is 5.92 Å². The molecular weight excluding hydrogens is 268 g/mol. The van der Waals surface area contributed by atoms with Crippen molar-refractivity contribution in [1.29, 1.82) is 0 Å². The minimum absolute atomic E-state index is 0.0407. The lowest BCUT2D eigenvalue weighted by Gasteiger charge is -2.29. The molecule has 3 rings (SSSR count). The van der Waals surface area contributed by atoms with E-state index in [1.54, 1.807) is 0 Å². The average molecular weight is 290 g/mol. The first-order valence-corrected chi connectivity index (χ1v) is 7.58. The number of anilines is 1. The number of carbonyl (C=O) groups excluding carboxylic acids is 1. The van der Waals surface area contributed by atoms with Gasteiger partial charge >= 0.3 is 0 Å². The normalized spacial score (nSPS) is 22.0. The molecule has 0 aromatic carbocycles. The summed E-state index contributed by atoms with van der Waals surface area (Å²) >= 11 is 0. The third kappa shape index (κ3) is 3.09. The van der Waals surface area contributed by atoms with Crippen molar-refractivity contribution >= 4 is 11.7 Å². The van der Waals surface area contributed by atoms with Crippen LogP contribution in [-0.2, 0) is 4.79 Å². The zero-order valence-corrected chi connectivity index (χ0v) is 12.7. The van der Waals surface area contributed by atoms with Crippen molar-refractivity contribution in [1.82, 2.24) is 14.9 Å².